The first-order chi connectivity index (χ1) is 5.36. The van der Waals surface area contributed by atoms with Crippen LogP contribution in [0.3, 0.4) is 0 Å². The lowest BCUT2D eigenvalue weighted by Crippen LogP contribution is -2.13. The minimum Gasteiger partial charge on any atom is -0.378 e. The van der Waals surface area contributed by atoms with Crippen molar-refractivity contribution in [3.8, 4) is 0 Å². The summed E-state index contributed by atoms with van der Waals surface area (Å²) in [7, 11) is 0. The second-order valence-electron chi connectivity index (χ2n) is 3.30. The predicted molar refractivity (Wildman–Crippen MR) is 51.2 cm³/mol. The number of hydrogen-bond donors (Lipinski definition) is 0. The van der Waals surface area contributed by atoms with Gasteiger partial charge in [0.2, 0.25) is 0 Å². The zero-order valence-corrected chi connectivity index (χ0v) is 8.77. The molecular weight excluding hydrogens is 204 g/mol. The molecule has 1 heterocycles. The Kier molecular flexibility index (Phi) is 4.46. The van der Waals surface area contributed by atoms with E-state index in [-0.39, 0.29) is 0 Å². The number of ether oxygens (including phenoxy) is 1. The topological polar surface area (TPSA) is 9.23 Å². The van der Waals surface area contributed by atoms with Gasteiger partial charge in [0.25, 0.3) is 0 Å². The minimum atomic E-state index is 0.567. The van der Waals surface area contributed by atoms with Gasteiger partial charge in [-0.3, -0.25) is 0 Å². The van der Waals surface area contributed by atoms with Crippen LogP contribution in [-0.2, 0) is 4.74 Å². The molecule has 0 spiro atoms. The Labute approximate surface area is 77.6 Å². The summed E-state index contributed by atoms with van der Waals surface area (Å²) >= 11 is 3.53. The van der Waals surface area contributed by atoms with E-state index in [1.54, 1.807) is 0 Å². The average molecular weight is 221 g/mol. The van der Waals surface area contributed by atoms with E-state index in [1.165, 1.54) is 25.7 Å². The van der Waals surface area contributed by atoms with Crippen LogP contribution >= 0.6 is 15.9 Å². The normalized spacial score (nSPS) is 27.3. The molecule has 2 heteroatoms. The molecule has 0 amide bonds. The van der Waals surface area contributed by atoms with Crippen LogP contribution in [0, 0.1) is 5.92 Å². The molecule has 1 rings (SSSR count). The van der Waals surface area contributed by atoms with Gasteiger partial charge in [0.15, 0.2) is 0 Å². The molecule has 1 aliphatic heterocycles. The smallest absolute Gasteiger partial charge is 0.0578 e. The Bertz CT molecular complexity index is 95.7. The van der Waals surface area contributed by atoms with E-state index < -0.39 is 0 Å². The van der Waals surface area contributed by atoms with Crippen molar-refractivity contribution in [2.45, 2.75) is 38.7 Å². The number of hydrogen-bond acceptors (Lipinski definition) is 1. The summed E-state index contributed by atoms with van der Waals surface area (Å²) in [6.45, 7) is 3.24. The van der Waals surface area contributed by atoms with Crippen molar-refractivity contribution in [3.63, 3.8) is 0 Å². The highest BCUT2D eigenvalue weighted by atomic mass is 79.9. The summed E-state index contributed by atoms with van der Waals surface area (Å²) in [4.78, 5) is 0. The molecule has 2 unspecified atom stereocenters. The largest absolute Gasteiger partial charge is 0.378 e. The van der Waals surface area contributed by atoms with Crippen molar-refractivity contribution < 1.29 is 4.74 Å². The van der Waals surface area contributed by atoms with E-state index in [2.05, 4.69) is 22.9 Å². The average Bonchev–Trinajstić information content (AvgIpc) is 2.52. The molecular formula is C9H17BrO. The van der Waals surface area contributed by atoms with Gasteiger partial charge >= 0.3 is 0 Å². The van der Waals surface area contributed by atoms with Crippen LogP contribution in [-0.4, -0.2) is 18.0 Å². The Hall–Kier alpha value is 0.440. The fraction of sp³-hybridized carbons (Fsp3) is 1.00. The van der Waals surface area contributed by atoms with Gasteiger partial charge in [0.05, 0.1) is 6.10 Å². The van der Waals surface area contributed by atoms with Crippen molar-refractivity contribution in [2.75, 3.05) is 11.9 Å². The lowest BCUT2D eigenvalue weighted by Gasteiger charge is -2.15. The summed E-state index contributed by atoms with van der Waals surface area (Å²) in [6, 6.07) is 0. The van der Waals surface area contributed by atoms with Crippen molar-refractivity contribution in [1.29, 1.82) is 0 Å². The molecule has 0 bridgehead atoms. The molecule has 2 atom stereocenters. The van der Waals surface area contributed by atoms with E-state index >= 15 is 0 Å². The molecule has 1 nitrogen and oxygen atoms in total. The third-order valence-corrected chi connectivity index (χ3v) is 3.33. The molecule has 0 aromatic rings. The molecule has 0 aromatic heterocycles. The molecule has 0 saturated carbocycles. The first-order valence-corrected chi connectivity index (χ1v) is 5.66. The second-order valence-corrected chi connectivity index (χ2v) is 3.95. The van der Waals surface area contributed by atoms with Crippen LogP contribution in [0.4, 0.5) is 0 Å². The van der Waals surface area contributed by atoms with Crippen LogP contribution in [0.15, 0.2) is 0 Å². The summed E-state index contributed by atoms with van der Waals surface area (Å²) in [5.74, 6) is 0.818. The Morgan fingerprint density at radius 1 is 1.64 bits per heavy atom. The molecule has 0 radical (unpaired) electrons. The van der Waals surface area contributed by atoms with Crippen LogP contribution in [0.1, 0.15) is 32.6 Å². The first-order valence-electron chi connectivity index (χ1n) is 4.54. The zero-order valence-electron chi connectivity index (χ0n) is 7.18. The van der Waals surface area contributed by atoms with Gasteiger partial charge in [0.1, 0.15) is 0 Å². The quantitative estimate of drug-likeness (QED) is 0.663. The van der Waals surface area contributed by atoms with Crippen LogP contribution in [0.5, 0.6) is 0 Å². The van der Waals surface area contributed by atoms with Crippen LogP contribution in [0.2, 0.25) is 0 Å². The maximum atomic E-state index is 5.57. The van der Waals surface area contributed by atoms with E-state index in [0.29, 0.717) is 6.10 Å². The monoisotopic (exact) mass is 220 g/mol. The molecule has 1 aliphatic rings. The predicted octanol–water partition coefficient (Wildman–Crippen LogP) is 2.98. The second kappa shape index (κ2) is 5.15. The van der Waals surface area contributed by atoms with E-state index in [4.69, 9.17) is 4.74 Å². The van der Waals surface area contributed by atoms with Gasteiger partial charge in [-0.2, -0.15) is 0 Å². The lowest BCUT2D eigenvalue weighted by molar-refractivity contribution is 0.0920. The van der Waals surface area contributed by atoms with Crippen molar-refractivity contribution in [2.24, 2.45) is 5.92 Å². The number of alkyl halides is 1. The summed E-state index contributed by atoms with van der Waals surface area (Å²) in [5, 5.41) is 1.13. The van der Waals surface area contributed by atoms with Gasteiger partial charge in [-0.05, 0) is 25.2 Å². The van der Waals surface area contributed by atoms with Crippen LogP contribution in [0.25, 0.3) is 0 Å². The Morgan fingerprint density at radius 2 is 2.45 bits per heavy atom. The number of rotatable bonds is 4. The van der Waals surface area contributed by atoms with Gasteiger partial charge in [-0.1, -0.05) is 29.3 Å². The third kappa shape index (κ3) is 3.12. The van der Waals surface area contributed by atoms with Gasteiger partial charge in [0, 0.05) is 11.9 Å². The highest BCUT2D eigenvalue weighted by Gasteiger charge is 2.18. The number of halogens is 1. The molecule has 0 N–H and O–H groups in total. The van der Waals surface area contributed by atoms with Gasteiger partial charge in [-0.15, -0.1) is 0 Å². The zero-order chi connectivity index (χ0) is 8.10. The lowest BCUT2D eigenvalue weighted by atomic mass is 10.00. The van der Waals surface area contributed by atoms with Crippen molar-refractivity contribution in [1.82, 2.24) is 0 Å². The fourth-order valence-electron chi connectivity index (χ4n) is 1.54. The molecule has 66 valence electrons. The maximum absolute atomic E-state index is 5.57. The van der Waals surface area contributed by atoms with Gasteiger partial charge in [-0.25, -0.2) is 0 Å². The highest BCUT2D eigenvalue weighted by Crippen LogP contribution is 2.22. The minimum absolute atomic E-state index is 0.567. The van der Waals surface area contributed by atoms with Crippen LogP contribution < -0.4 is 0 Å². The standard InChI is InChI=1S/C9H17BrO/c1-2-8(7-10)6-9-4-3-5-11-9/h8-9H,2-7H2,1H3. The van der Waals surface area contributed by atoms with E-state index in [9.17, 15) is 0 Å². The molecule has 0 aromatic carbocycles. The maximum Gasteiger partial charge on any atom is 0.0578 e. The first kappa shape index (κ1) is 9.53. The Balaban J connectivity index is 2.16. The van der Waals surface area contributed by atoms with Crippen molar-refractivity contribution >= 4 is 15.9 Å². The Morgan fingerprint density at radius 3 is 2.91 bits per heavy atom. The van der Waals surface area contributed by atoms with Gasteiger partial charge < -0.3 is 4.74 Å². The molecule has 1 fully saturated rings. The molecule has 11 heavy (non-hydrogen) atoms. The van der Waals surface area contributed by atoms with Crippen molar-refractivity contribution in [3.05, 3.63) is 0 Å². The summed E-state index contributed by atoms with van der Waals surface area (Å²) < 4.78 is 5.57. The summed E-state index contributed by atoms with van der Waals surface area (Å²) in [5.41, 5.74) is 0. The molecule has 1 saturated heterocycles. The summed E-state index contributed by atoms with van der Waals surface area (Å²) in [6.07, 6.45) is 5.64. The fourth-order valence-corrected chi connectivity index (χ4v) is 2.26. The van der Waals surface area contributed by atoms with E-state index in [1.807, 2.05) is 0 Å². The SMILES string of the molecule is CCC(CBr)CC1CCCO1. The molecule has 0 aliphatic carbocycles. The highest BCUT2D eigenvalue weighted by molar-refractivity contribution is 9.09. The van der Waals surface area contributed by atoms with E-state index in [0.717, 1.165) is 17.9 Å². The third-order valence-electron chi connectivity index (χ3n) is 2.42.